The van der Waals surface area contributed by atoms with Gasteiger partial charge in [0.25, 0.3) is 0 Å². The predicted octanol–water partition coefficient (Wildman–Crippen LogP) is 4.53. The molecule has 2 aromatic carbocycles. The highest BCUT2D eigenvalue weighted by Crippen LogP contribution is 2.30. The van der Waals surface area contributed by atoms with E-state index in [-0.39, 0.29) is 5.43 Å². The van der Waals surface area contributed by atoms with Crippen molar-refractivity contribution < 1.29 is 9.15 Å². The van der Waals surface area contributed by atoms with Gasteiger partial charge in [0.05, 0.1) is 23.2 Å². The Morgan fingerprint density at radius 3 is 2.64 bits per heavy atom. The second kappa shape index (κ2) is 6.48. The Balaban J connectivity index is 1.65. The summed E-state index contributed by atoms with van der Waals surface area (Å²) in [6.07, 6.45) is 4.05. The Hall–Kier alpha value is -2.40. The van der Waals surface area contributed by atoms with Gasteiger partial charge in [0.1, 0.15) is 17.6 Å². The maximum absolute atomic E-state index is 12.8. The maximum atomic E-state index is 12.8. The third-order valence-corrected chi connectivity index (χ3v) is 4.71. The molecule has 3 aromatic rings. The van der Waals surface area contributed by atoms with Gasteiger partial charge in [0.2, 0.25) is 0 Å². The van der Waals surface area contributed by atoms with E-state index in [2.05, 4.69) is 12.8 Å². The highest BCUT2D eigenvalue weighted by atomic mass is 32.1. The fraction of sp³-hybridized carbons (Fsp3) is 0.250. The monoisotopic (exact) mass is 353 g/mol. The van der Waals surface area contributed by atoms with Gasteiger partial charge in [0, 0.05) is 13.1 Å². The smallest absolute Gasteiger partial charge is 0.200 e. The third-order valence-electron chi connectivity index (χ3n) is 4.48. The largest absolute Gasteiger partial charge is 0.493 e. The van der Waals surface area contributed by atoms with E-state index in [0.717, 1.165) is 23.6 Å². The maximum Gasteiger partial charge on any atom is 0.200 e. The van der Waals surface area contributed by atoms with E-state index in [1.54, 1.807) is 10.4 Å². The molecule has 1 aromatic heterocycles. The van der Waals surface area contributed by atoms with Crippen molar-refractivity contribution in [2.45, 2.75) is 12.8 Å². The van der Waals surface area contributed by atoms with Crippen LogP contribution in [0.3, 0.4) is 0 Å². The summed E-state index contributed by atoms with van der Waals surface area (Å²) in [6, 6.07) is 13.0. The molecule has 0 radical (unpaired) electrons. The zero-order chi connectivity index (χ0) is 17.4. The third kappa shape index (κ3) is 3.37. The summed E-state index contributed by atoms with van der Waals surface area (Å²) in [5.74, 6) is 1.55. The fourth-order valence-corrected chi connectivity index (χ4v) is 2.87. The second-order valence-corrected chi connectivity index (χ2v) is 7.06. The Labute approximate surface area is 151 Å². The van der Waals surface area contributed by atoms with Crippen LogP contribution >= 0.6 is 12.8 Å². The van der Waals surface area contributed by atoms with E-state index in [1.807, 2.05) is 43.4 Å². The molecular weight excluding hydrogens is 334 g/mol. The van der Waals surface area contributed by atoms with E-state index in [1.165, 1.54) is 19.1 Å². The van der Waals surface area contributed by atoms with Gasteiger partial charge in [-0.25, -0.2) is 0 Å². The minimum atomic E-state index is -0.0405. The molecule has 0 atom stereocenters. The van der Waals surface area contributed by atoms with Crippen LogP contribution in [0.4, 0.5) is 5.69 Å². The molecule has 1 aliphatic rings. The topological polar surface area (TPSA) is 42.7 Å². The van der Waals surface area contributed by atoms with E-state index < -0.39 is 0 Å². The average Bonchev–Trinajstić information content (AvgIpc) is 3.45. The molecule has 0 N–H and O–H groups in total. The van der Waals surface area contributed by atoms with Crippen LogP contribution in [0.5, 0.6) is 5.75 Å². The Morgan fingerprint density at radius 2 is 1.96 bits per heavy atom. The van der Waals surface area contributed by atoms with Crippen LogP contribution in [0.1, 0.15) is 12.8 Å². The lowest BCUT2D eigenvalue weighted by molar-refractivity contribution is 0.300. The molecule has 1 fully saturated rings. The number of rotatable bonds is 5. The number of nitrogens with zero attached hydrogens (tertiary/aromatic N) is 1. The van der Waals surface area contributed by atoms with Gasteiger partial charge in [-0.15, -0.1) is 0 Å². The lowest BCUT2D eigenvalue weighted by Gasteiger charge is -2.11. The summed E-state index contributed by atoms with van der Waals surface area (Å²) in [7, 11) is 1.82. The van der Waals surface area contributed by atoms with E-state index in [4.69, 9.17) is 9.15 Å². The van der Waals surface area contributed by atoms with E-state index in [9.17, 15) is 4.79 Å². The summed E-state index contributed by atoms with van der Waals surface area (Å²) in [4.78, 5) is 12.8. The average molecular weight is 353 g/mol. The SMILES string of the molecule is CN(S)c1ccc2c(=O)c(-c3ccc(OCC4CC4)cc3)coc2c1. The van der Waals surface area contributed by atoms with Gasteiger partial charge in [-0.2, -0.15) is 0 Å². The van der Waals surface area contributed by atoms with Crippen molar-refractivity contribution in [2.24, 2.45) is 5.92 Å². The lowest BCUT2D eigenvalue weighted by atomic mass is 10.1. The standard InChI is InChI=1S/C20H19NO3S/c1-21(25)15-6-9-17-19(10-15)24-12-18(20(17)22)14-4-7-16(8-5-14)23-11-13-2-3-13/h4-10,12-13,25H,2-3,11H2,1H3. The van der Waals surface area contributed by atoms with Gasteiger partial charge in [-0.1, -0.05) is 24.9 Å². The minimum Gasteiger partial charge on any atom is -0.493 e. The Kier molecular flexibility index (Phi) is 4.17. The van der Waals surface area contributed by atoms with Crippen LogP contribution in [0, 0.1) is 5.92 Å². The molecule has 0 aliphatic heterocycles. The van der Waals surface area contributed by atoms with Crippen LogP contribution in [0.15, 0.2) is 57.9 Å². The summed E-state index contributed by atoms with van der Waals surface area (Å²) < 4.78 is 13.1. The van der Waals surface area contributed by atoms with Crippen LogP contribution in [0.25, 0.3) is 22.1 Å². The van der Waals surface area contributed by atoms with E-state index in [0.29, 0.717) is 22.5 Å². The first-order valence-corrected chi connectivity index (χ1v) is 8.73. The molecule has 5 heteroatoms. The Morgan fingerprint density at radius 1 is 1.20 bits per heavy atom. The number of hydrogen-bond acceptors (Lipinski definition) is 5. The van der Waals surface area contributed by atoms with Crippen molar-refractivity contribution in [3.63, 3.8) is 0 Å². The molecule has 0 saturated heterocycles. The van der Waals surface area contributed by atoms with Crippen LogP contribution in [-0.4, -0.2) is 13.7 Å². The van der Waals surface area contributed by atoms with Crippen molar-refractivity contribution in [1.82, 2.24) is 0 Å². The molecule has 0 amide bonds. The second-order valence-electron chi connectivity index (χ2n) is 6.46. The lowest BCUT2D eigenvalue weighted by Crippen LogP contribution is -2.06. The fourth-order valence-electron chi connectivity index (χ4n) is 2.75. The summed E-state index contributed by atoms with van der Waals surface area (Å²) in [5, 5.41) is 0.561. The minimum absolute atomic E-state index is 0.0405. The molecule has 0 spiro atoms. The number of benzene rings is 2. The molecule has 25 heavy (non-hydrogen) atoms. The van der Waals surface area contributed by atoms with Gasteiger partial charge in [-0.3, -0.25) is 4.79 Å². The molecule has 1 heterocycles. The predicted molar refractivity (Wildman–Crippen MR) is 104 cm³/mol. The van der Waals surface area contributed by atoms with Gasteiger partial charge in [-0.05, 0) is 48.6 Å². The summed E-state index contributed by atoms with van der Waals surface area (Å²) >= 11 is 4.26. The van der Waals surface area contributed by atoms with Gasteiger partial charge < -0.3 is 13.5 Å². The van der Waals surface area contributed by atoms with Crippen molar-refractivity contribution in [2.75, 3.05) is 18.0 Å². The molecule has 0 unspecified atom stereocenters. The molecule has 1 aliphatic carbocycles. The van der Waals surface area contributed by atoms with Crippen molar-refractivity contribution >= 4 is 29.5 Å². The molecule has 0 bridgehead atoms. The normalized spacial score (nSPS) is 13.8. The van der Waals surface area contributed by atoms with Crippen LogP contribution < -0.4 is 14.5 Å². The summed E-state index contributed by atoms with van der Waals surface area (Å²) in [5.41, 5.74) is 2.75. The quantitative estimate of drug-likeness (QED) is 0.685. The highest BCUT2D eigenvalue weighted by molar-refractivity contribution is 7.81. The molecule has 4 nitrogen and oxygen atoms in total. The zero-order valence-electron chi connectivity index (χ0n) is 13.9. The first-order chi connectivity index (χ1) is 12.1. The van der Waals surface area contributed by atoms with Crippen LogP contribution in [0.2, 0.25) is 0 Å². The first-order valence-electron chi connectivity index (χ1n) is 8.33. The van der Waals surface area contributed by atoms with Crippen molar-refractivity contribution in [1.29, 1.82) is 0 Å². The van der Waals surface area contributed by atoms with Crippen molar-refractivity contribution in [3.8, 4) is 16.9 Å². The number of anilines is 1. The zero-order valence-corrected chi connectivity index (χ0v) is 14.8. The Bertz CT molecular complexity index is 959. The molecule has 4 rings (SSSR count). The highest BCUT2D eigenvalue weighted by Gasteiger charge is 2.21. The number of thiol groups is 1. The first kappa shape index (κ1) is 16.1. The van der Waals surface area contributed by atoms with E-state index >= 15 is 0 Å². The summed E-state index contributed by atoms with van der Waals surface area (Å²) in [6.45, 7) is 0.777. The number of fused-ring (bicyclic) bond motifs is 1. The number of hydrogen-bond donors (Lipinski definition) is 1. The molecule has 1 saturated carbocycles. The molecular formula is C20H19NO3S. The van der Waals surface area contributed by atoms with Crippen molar-refractivity contribution in [3.05, 3.63) is 59.0 Å². The van der Waals surface area contributed by atoms with Gasteiger partial charge in [0.15, 0.2) is 5.43 Å². The van der Waals surface area contributed by atoms with Crippen LogP contribution in [-0.2, 0) is 0 Å². The molecule has 128 valence electrons. The van der Waals surface area contributed by atoms with Gasteiger partial charge >= 0.3 is 0 Å². The number of ether oxygens (including phenoxy) is 1.